The third kappa shape index (κ3) is 3.41. The second-order valence-electron chi connectivity index (χ2n) is 7.15. The van der Waals surface area contributed by atoms with Crippen molar-refractivity contribution in [2.75, 3.05) is 10.7 Å². The van der Waals surface area contributed by atoms with Crippen molar-refractivity contribution in [3.63, 3.8) is 0 Å². The first-order chi connectivity index (χ1) is 15.3. The molecule has 5 N–H and O–H groups in total. The van der Waals surface area contributed by atoms with Gasteiger partial charge in [0.15, 0.2) is 5.84 Å². The molecule has 0 saturated heterocycles. The average Bonchev–Trinajstić information content (AvgIpc) is 3.18. The normalized spacial score (nSPS) is 15.5. The van der Waals surface area contributed by atoms with Crippen LogP contribution in [-0.2, 0) is 6.54 Å². The Hall–Kier alpha value is -3.38. The zero-order valence-corrected chi connectivity index (χ0v) is 18.4. The molecule has 2 aromatic heterocycles. The van der Waals surface area contributed by atoms with Crippen LogP contribution in [0.4, 0.5) is 5.69 Å². The quantitative estimate of drug-likeness (QED) is 0.304. The van der Waals surface area contributed by atoms with Gasteiger partial charge < -0.3 is 15.8 Å². The Kier molecular flexibility index (Phi) is 4.90. The van der Waals surface area contributed by atoms with Gasteiger partial charge in [-0.15, -0.1) is 15.7 Å². The molecule has 32 heavy (non-hydrogen) atoms. The number of nitrogens with one attached hydrogen (secondary N) is 2. The Labute approximate surface area is 188 Å². The van der Waals surface area contributed by atoms with E-state index in [9.17, 15) is 19.0 Å². The molecule has 4 aromatic rings. The standard InChI is InChI=1S/C21H19N5O4S2/c1-12-23-13(11-31-12)10-22-26-16-8-4-2-6-14(16)19(27)18(21(26)28)20-24-15-7-3-5-9-17(15)32(29,30)25-20/h2-9,11,22,27,29-30H,10H2,1H3,(H,24,25). The van der Waals surface area contributed by atoms with Crippen LogP contribution >= 0.6 is 22.1 Å². The van der Waals surface area contributed by atoms with E-state index in [1.165, 1.54) is 16.0 Å². The molecule has 2 aromatic carbocycles. The minimum Gasteiger partial charge on any atom is -0.506 e. The highest BCUT2D eigenvalue weighted by Gasteiger charge is 2.30. The second-order valence-corrected chi connectivity index (χ2v) is 9.88. The molecule has 1 aliphatic heterocycles. The summed E-state index contributed by atoms with van der Waals surface area (Å²) in [4.78, 5) is 18.1. The summed E-state index contributed by atoms with van der Waals surface area (Å²) in [6.45, 7) is 2.19. The third-order valence-electron chi connectivity index (χ3n) is 5.03. The molecule has 3 heterocycles. The first-order valence-electron chi connectivity index (χ1n) is 9.61. The molecule has 0 unspecified atom stereocenters. The zero-order chi connectivity index (χ0) is 22.5. The van der Waals surface area contributed by atoms with Crippen LogP contribution in [0.5, 0.6) is 5.75 Å². The largest absolute Gasteiger partial charge is 0.506 e. The number of anilines is 1. The number of fused-ring (bicyclic) bond motifs is 2. The minimum atomic E-state index is -3.55. The van der Waals surface area contributed by atoms with Crippen LogP contribution in [0.3, 0.4) is 0 Å². The number of aromatic nitrogens is 2. The van der Waals surface area contributed by atoms with Gasteiger partial charge in [-0.05, 0) is 31.2 Å². The van der Waals surface area contributed by atoms with E-state index in [-0.39, 0.29) is 28.6 Å². The number of hydrogen-bond acceptors (Lipinski definition) is 9. The first-order valence-corrected chi connectivity index (χ1v) is 12.0. The predicted octanol–water partition coefficient (Wildman–Crippen LogP) is 4.11. The molecule has 0 radical (unpaired) electrons. The molecule has 5 rings (SSSR count). The highest BCUT2D eigenvalue weighted by molar-refractivity contribution is 8.23. The average molecular weight is 470 g/mol. The first kappa shape index (κ1) is 20.5. The predicted molar refractivity (Wildman–Crippen MR) is 128 cm³/mol. The molecular weight excluding hydrogens is 450 g/mol. The zero-order valence-electron chi connectivity index (χ0n) is 16.8. The molecule has 0 amide bonds. The summed E-state index contributed by atoms with van der Waals surface area (Å²) in [5.41, 5.74) is 3.96. The number of pyridine rings is 1. The summed E-state index contributed by atoms with van der Waals surface area (Å²) in [6.07, 6.45) is 0. The number of aromatic hydroxyl groups is 1. The maximum absolute atomic E-state index is 13.5. The van der Waals surface area contributed by atoms with Crippen LogP contribution in [0.1, 0.15) is 16.3 Å². The molecule has 0 fully saturated rings. The number of hydrogen-bond donors (Lipinski definition) is 5. The van der Waals surface area contributed by atoms with Gasteiger partial charge in [0.2, 0.25) is 0 Å². The molecule has 0 spiro atoms. The van der Waals surface area contributed by atoms with Crippen LogP contribution in [0, 0.1) is 6.92 Å². The minimum absolute atomic E-state index is 0.114. The fourth-order valence-electron chi connectivity index (χ4n) is 3.59. The highest BCUT2D eigenvalue weighted by atomic mass is 32.3. The van der Waals surface area contributed by atoms with Crippen molar-refractivity contribution in [3.05, 3.63) is 80.5 Å². The summed E-state index contributed by atoms with van der Waals surface area (Å²) in [5.74, 6) is -0.411. The van der Waals surface area contributed by atoms with Gasteiger partial charge in [0.05, 0.1) is 28.5 Å². The van der Waals surface area contributed by atoms with E-state index in [1.807, 2.05) is 12.3 Å². The van der Waals surface area contributed by atoms with Gasteiger partial charge in [-0.1, -0.05) is 35.0 Å². The Morgan fingerprint density at radius 3 is 2.69 bits per heavy atom. The van der Waals surface area contributed by atoms with Crippen LogP contribution < -0.4 is 16.3 Å². The van der Waals surface area contributed by atoms with Crippen LogP contribution in [0.2, 0.25) is 0 Å². The number of para-hydroxylation sites is 2. The van der Waals surface area contributed by atoms with Crippen molar-refractivity contribution >= 4 is 44.5 Å². The van der Waals surface area contributed by atoms with Gasteiger partial charge in [0.25, 0.3) is 5.56 Å². The SMILES string of the molecule is Cc1nc(CNn2c(=O)c(C3=NS(O)(O)c4ccccc4N3)c(O)c3ccccc32)cs1. The summed E-state index contributed by atoms with van der Waals surface area (Å²) >= 11 is 1.51. The fraction of sp³-hybridized carbons (Fsp3) is 0.0952. The maximum Gasteiger partial charge on any atom is 0.284 e. The van der Waals surface area contributed by atoms with Crippen molar-refractivity contribution in [1.29, 1.82) is 0 Å². The molecule has 0 aliphatic carbocycles. The molecule has 11 heteroatoms. The molecule has 1 aliphatic rings. The topological polar surface area (TPSA) is 132 Å². The van der Waals surface area contributed by atoms with E-state index in [4.69, 9.17) is 0 Å². The van der Waals surface area contributed by atoms with E-state index in [0.717, 1.165) is 10.7 Å². The summed E-state index contributed by atoms with van der Waals surface area (Å²) < 4.78 is 26.5. The molecule has 9 nitrogen and oxygen atoms in total. The van der Waals surface area contributed by atoms with Gasteiger partial charge in [0.1, 0.15) is 16.2 Å². The Morgan fingerprint density at radius 2 is 1.91 bits per heavy atom. The Bertz CT molecular complexity index is 1440. The highest BCUT2D eigenvalue weighted by Crippen LogP contribution is 2.55. The van der Waals surface area contributed by atoms with Gasteiger partial charge in [-0.25, -0.2) is 9.66 Å². The molecule has 0 bridgehead atoms. The Morgan fingerprint density at radius 1 is 1.16 bits per heavy atom. The van der Waals surface area contributed by atoms with Crippen LogP contribution in [0.15, 0.2) is 68.0 Å². The lowest BCUT2D eigenvalue weighted by Gasteiger charge is -2.34. The van der Waals surface area contributed by atoms with E-state index in [2.05, 4.69) is 20.1 Å². The molecule has 0 saturated carbocycles. The lowest BCUT2D eigenvalue weighted by Crippen LogP contribution is -2.36. The molecule has 0 atom stereocenters. The number of thiazole rings is 1. The summed E-state index contributed by atoms with van der Waals surface area (Å²) in [5, 5.41) is 17.2. The lowest BCUT2D eigenvalue weighted by molar-refractivity contribution is 0.478. The van der Waals surface area contributed by atoms with Gasteiger partial charge in [0, 0.05) is 10.8 Å². The van der Waals surface area contributed by atoms with E-state index in [0.29, 0.717) is 16.6 Å². The van der Waals surface area contributed by atoms with Crippen molar-refractivity contribution in [2.45, 2.75) is 18.4 Å². The molecular formula is C21H19N5O4S2. The van der Waals surface area contributed by atoms with Gasteiger partial charge in [-0.2, -0.15) is 0 Å². The van der Waals surface area contributed by atoms with Crippen LogP contribution in [-0.4, -0.2) is 29.7 Å². The third-order valence-corrected chi connectivity index (χ3v) is 7.23. The number of rotatable bonds is 4. The maximum atomic E-state index is 13.5. The van der Waals surface area contributed by atoms with Gasteiger partial charge in [-0.3, -0.25) is 13.9 Å². The van der Waals surface area contributed by atoms with Crippen LogP contribution in [0.25, 0.3) is 10.9 Å². The second kappa shape index (κ2) is 7.64. The summed E-state index contributed by atoms with van der Waals surface area (Å²) in [6, 6.07) is 13.5. The fourth-order valence-corrected chi connectivity index (χ4v) is 5.37. The lowest BCUT2D eigenvalue weighted by atomic mass is 10.1. The van der Waals surface area contributed by atoms with E-state index < -0.39 is 16.3 Å². The van der Waals surface area contributed by atoms with E-state index in [1.54, 1.807) is 48.5 Å². The van der Waals surface area contributed by atoms with Crippen molar-refractivity contribution in [3.8, 4) is 5.75 Å². The number of amidine groups is 1. The monoisotopic (exact) mass is 469 g/mol. The van der Waals surface area contributed by atoms with Crippen molar-refractivity contribution in [2.24, 2.45) is 4.40 Å². The number of nitrogens with zero attached hydrogens (tertiary/aromatic N) is 3. The van der Waals surface area contributed by atoms with Crippen molar-refractivity contribution in [1.82, 2.24) is 9.66 Å². The molecule has 164 valence electrons. The van der Waals surface area contributed by atoms with Gasteiger partial charge >= 0.3 is 0 Å². The Balaban J connectivity index is 1.67. The number of benzene rings is 2. The summed E-state index contributed by atoms with van der Waals surface area (Å²) in [7, 11) is -3.55. The number of aryl methyl sites for hydroxylation is 1. The van der Waals surface area contributed by atoms with E-state index >= 15 is 0 Å². The van der Waals surface area contributed by atoms with Crippen molar-refractivity contribution < 1.29 is 14.2 Å². The smallest absolute Gasteiger partial charge is 0.284 e.